The Bertz CT molecular complexity index is 787. The van der Waals surface area contributed by atoms with Gasteiger partial charge < -0.3 is 4.90 Å². The van der Waals surface area contributed by atoms with Crippen LogP contribution in [-0.4, -0.2) is 45.7 Å². The number of halogens is 1. The minimum absolute atomic E-state index is 0.808. The van der Waals surface area contributed by atoms with Crippen LogP contribution in [0.25, 0.3) is 4.96 Å². The van der Waals surface area contributed by atoms with Crippen LogP contribution in [0, 0.1) is 6.92 Å². The molecule has 0 saturated carbocycles. The van der Waals surface area contributed by atoms with Gasteiger partial charge in [0.2, 0.25) is 10.1 Å². The van der Waals surface area contributed by atoms with Crippen molar-refractivity contribution >= 4 is 33.0 Å². The van der Waals surface area contributed by atoms with Gasteiger partial charge in [0, 0.05) is 37.7 Å². The van der Waals surface area contributed by atoms with Gasteiger partial charge in [0.15, 0.2) is 0 Å². The van der Waals surface area contributed by atoms with Crippen molar-refractivity contribution in [3.63, 3.8) is 0 Å². The van der Waals surface area contributed by atoms with E-state index in [0.717, 1.165) is 53.5 Å². The highest BCUT2D eigenvalue weighted by Crippen LogP contribution is 2.24. The molecule has 3 heterocycles. The van der Waals surface area contributed by atoms with E-state index in [-0.39, 0.29) is 0 Å². The predicted molar refractivity (Wildman–Crippen MR) is 94.5 cm³/mol. The highest BCUT2D eigenvalue weighted by Gasteiger charge is 2.20. The zero-order valence-corrected chi connectivity index (χ0v) is 14.5. The fraction of sp³-hybridized carbons (Fsp3) is 0.375. The summed E-state index contributed by atoms with van der Waals surface area (Å²) >= 11 is 7.73. The third kappa shape index (κ3) is 3.20. The molecule has 0 bridgehead atoms. The molecule has 5 nitrogen and oxygen atoms in total. The van der Waals surface area contributed by atoms with Gasteiger partial charge in [-0.2, -0.15) is 0 Å². The first-order valence-corrected chi connectivity index (χ1v) is 8.91. The first-order valence-electron chi connectivity index (χ1n) is 7.72. The van der Waals surface area contributed by atoms with Crippen molar-refractivity contribution in [3.05, 3.63) is 46.7 Å². The lowest BCUT2D eigenvalue weighted by molar-refractivity contribution is 0.249. The summed E-state index contributed by atoms with van der Waals surface area (Å²) in [5.74, 6) is 0. The molecule has 0 spiro atoms. The number of hydrogen-bond acceptors (Lipinski definition) is 5. The van der Waals surface area contributed by atoms with Gasteiger partial charge in [-0.15, -0.1) is 5.10 Å². The van der Waals surface area contributed by atoms with E-state index >= 15 is 0 Å². The van der Waals surface area contributed by atoms with Gasteiger partial charge in [-0.3, -0.25) is 4.90 Å². The molecule has 1 saturated heterocycles. The van der Waals surface area contributed by atoms with Crippen LogP contribution in [0.1, 0.15) is 11.3 Å². The van der Waals surface area contributed by atoms with E-state index in [4.69, 9.17) is 11.6 Å². The minimum Gasteiger partial charge on any atom is -0.344 e. The number of aryl methyl sites for hydroxylation is 1. The smallest absolute Gasteiger partial charge is 0.214 e. The topological polar surface area (TPSA) is 36.7 Å². The summed E-state index contributed by atoms with van der Waals surface area (Å²) in [6, 6.07) is 8.12. The van der Waals surface area contributed by atoms with E-state index in [1.165, 1.54) is 5.56 Å². The van der Waals surface area contributed by atoms with Crippen molar-refractivity contribution in [1.82, 2.24) is 19.5 Å². The standard InChI is InChI=1S/C16H18ClN5S/c1-12-10-22-15(18-12)23-16(19-22)21-7-5-20(6-8-21)11-13-3-2-4-14(17)9-13/h2-4,9-10H,5-8,11H2,1H3. The summed E-state index contributed by atoms with van der Waals surface area (Å²) < 4.78 is 1.88. The van der Waals surface area contributed by atoms with Crippen LogP contribution in [0.5, 0.6) is 0 Å². The SMILES string of the molecule is Cc1cn2nc(N3CCN(Cc4cccc(Cl)c4)CC3)sc2n1. The van der Waals surface area contributed by atoms with Gasteiger partial charge in [0.25, 0.3) is 0 Å². The van der Waals surface area contributed by atoms with E-state index in [1.54, 1.807) is 11.3 Å². The predicted octanol–water partition coefficient (Wildman–Crippen LogP) is 3.07. The van der Waals surface area contributed by atoms with Crippen molar-refractivity contribution in [3.8, 4) is 0 Å². The minimum atomic E-state index is 0.808. The average Bonchev–Trinajstić information content (AvgIpc) is 3.05. The number of hydrogen-bond donors (Lipinski definition) is 0. The monoisotopic (exact) mass is 347 g/mol. The van der Waals surface area contributed by atoms with Crippen molar-refractivity contribution in [2.45, 2.75) is 13.5 Å². The largest absolute Gasteiger partial charge is 0.344 e. The number of imidazole rings is 1. The molecule has 0 radical (unpaired) electrons. The lowest BCUT2D eigenvalue weighted by Crippen LogP contribution is -2.46. The van der Waals surface area contributed by atoms with Crippen molar-refractivity contribution in [2.75, 3.05) is 31.1 Å². The molecule has 7 heteroatoms. The van der Waals surface area contributed by atoms with Crippen molar-refractivity contribution in [2.24, 2.45) is 0 Å². The highest BCUT2D eigenvalue weighted by molar-refractivity contribution is 7.20. The van der Waals surface area contributed by atoms with Crippen LogP contribution in [0.2, 0.25) is 5.02 Å². The summed E-state index contributed by atoms with van der Waals surface area (Å²) in [6.45, 7) is 7.01. The second-order valence-corrected chi connectivity index (χ2v) is 7.26. The molecule has 0 amide bonds. The maximum atomic E-state index is 6.06. The van der Waals surface area contributed by atoms with Crippen molar-refractivity contribution < 1.29 is 0 Å². The second kappa shape index (κ2) is 6.11. The first-order chi connectivity index (χ1) is 11.2. The van der Waals surface area contributed by atoms with Gasteiger partial charge in [-0.05, 0) is 24.6 Å². The molecule has 23 heavy (non-hydrogen) atoms. The van der Waals surface area contributed by atoms with Crippen LogP contribution in [0.4, 0.5) is 5.13 Å². The van der Waals surface area contributed by atoms with E-state index in [1.807, 2.05) is 35.8 Å². The quantitative estimate of drug-likeness (QED) is 0.729. The van der Waals surface area contributed by atoms with Crippen LogP contribution < -0.4 is 4.90 Å². The normalized spacial score (nSPS) is 16.3. The van der Waals surface area contributed by atoms with Crippen LogP contribution in [0.3, 0.4) is 0 Å². The summed E-state index contributed by atoms with van der Waals surface area (Å²) in [5, 5.41) is 6.51. The first kappa shape index (κ1) is 14.9. The Hall–Kier alpha value is -1.63. The third-order valence-electron chi connectivity index (χ3n) is 4.09. The molecule has 3 aromatic rings. The maximum Gasteiger partial charge on any atom is 0.214 e. The number of anilines is 1. The molecular weight excluding hydrogens is 330 g/mol. The Kier molecular flexibility index (Phi) is 3.97. The molecule has 0 aliphatic carbocycles. The maximum absolute atomic E-state index is 6.06. The van der Waals surface area contributed by atoms with E-state index in [9.17, 15) is 0 Å². The Morgan fingerprint density at radius 1 is 1.22 bits per heavy atom. The van der Waals surface area contributed by atoms with Crippen molar-refractivity contribution in [1.29, 1.82) is 0 Å². The molecule has 1 aliphatic heterocycles. The van der Waals surface area contributed by atoms with E-state index in [0.29, 0.717) is 0 Å². The number of benzene rings is 1. The summed E-state index contributed by atoms with van der Waals surface area (Å²) in [4.78, 5) is 10.3. The molecule has 120 valence electrons. The Morgan fingerprint density at radius 3 is 2.78 bits per heavy atom. The summed E-state index contributed by atoms with van der Waals surface area (Å²) in [6.07, 6.45) is 1.98. The van der Waals surface area contributed by atoms with Gasteiger partial charge in [0.1, 0.15) is 0 Å². The third-order valence-corrected chi connectivity index (χ3v) is 5.31. The zero-order valence-electron chi connectivity index (χ0n) is 12.9. The number of nitrogens with zero attached hydrogens (tertiary/aromatic N) is 5. The second-order valence-electron chi connectivity index (χ2n) is 5.89. The number of fused-ring (bicyclic) bond motifs is 1. The fourth-order valence-corrected chi connectivity index (χ4v) is 4.11. The molecule has 0 atom stereocenters. The van der Waals surface area contributed by atoms with E-state index < -0.39 is 0 Å². The Balaban J connectivity index is 1.39. The number of piperazine rings is 1. The number of aromatic nitrogens is 3. The Morgan fingerprint density at radius 2 is 2.04 bits per heavy atom. The molecule has 1 fully saturated rings. The lowest BCUT2D eigenvalue weighted by Gasteiger charge is -2.34. The van der Waals surface area contributed by atoms with Crippen LogP contribution in [0.15, 0.2) is 30.5 Å². The van der Waals surface area contributed by atoms with Gasteiger partial charge in [-0.25, -0.2) is 9.50 Å². The molecule has 1 aliphatic rings. The fourth-order valence-electron chi connectivity index (χ4n) is 2.92. The summed E-state index contributed by atoms with van der Waals surface area (Å²) in [5.41, 5.74) is 2.29. The van der Waals surface area contributed by atoms with E-state index in [2.05, 4.69) is 25.9 Å². The average molecular weight is 348 g/mol. The molecule has 0 unspecified atom stereocenters. The number of rotatable bonds is 3. The van der Waals surface area contributed by atoms with Gasteiger partial charge in [-0.1, -0.05) is 35.1 Å². The molecule has 4 rings (SSSR count). The molecule has 1 aromatic carbocycles. The van der Waals surface area contributed by atoms with Gasteiger partial charge >= 0.3 is 0 Å². The highest BCUT2D eigenvalue weighted by atomic mass is 35.5. The molecule has 0 N–H and O–H groups in total. The molecular formula is C16H18ClN5S. The van der Waals surface area contributed by atoms with Crippen LogP contribution in [-0.2, 0) is 6.54 Å². The summed E-state index contributed by atoms with van der Waals surface area (Å²) in [7, 11) is 0. The zero-order chi connectivity index (χ0) is 15.8. The molecule has 2 aromatic heterocycles. The van der Waals surface area contributed by atoms with Gasteiger partial charge in [0.05, 0.1) is 11.9 Å². The lowest BCUT2D eigenvalue weighted by atomic mass is 10.2. The van der Waals surface area contributed by atoms with Crippen LogP contribution >= 0.6 is 22.9 Å². The Labute approximate surface area is 144 Å².